The molecule has 0 spiro atoms. The first-order valence-corrected chi connectivity index (χ1v) is 4.52. The Bertz CT molecular complexity index is 301. The molecule has 6 heteroatoms. The van der Waals surface area contributed by atoms with Crippen molar-refractivity contribution in [2.45, 2.75) is 6.92 Å². The van der Waals surface area contributed by atoms with Gasteiger partial charge in [-0.15, -0.1) is 0 Å². The lowest BCUT2D eigenvalue weighted by atomic mass is 10.9. The first kappa shape index (κ1) is 8.06. The SMILES string of the molecule is CCS(=O)(=O)Oc1cocn1. The van der Waals surface area contributed by atoms with Crippen molar-refractivity contribution >= 4 is 10.1 Å². The number of oxazole rings is 1. The van der Waals surface area contributed by atoms with Gasteiger partial charge < -0.3 is 8.60 Å². The first-order valence-electron chi connectivity index (χ1n) is 2.94. The van der Waals surface area contributed by atoms with Gasteiger partial charge in [-0.3, -0.25) is 0 Å². The summed E-state index contributed by atoms with van der Waals surface area (Å²) in [6.07, 6.45) is 2.22. The van der Waals surface area contributed by atoms with E-state index in [0.717, 1.165) is 12.7 Å². The standard InChI is InChI=1S/C5H7NO4S/c1-2-11(7,8)10-5-3-9-4-6-5/h3-4H,2H2,1H3. The topological polar surface area (TPSA) is 69.4 Å². The summed E-state index contributed by atoms with van der Waals surface area (Å²) in [5.74, 6) is -0.119. The van der Waals surface area contributed by atoms with E-state index in [9.17, 15) is 8.42 Å². The second kappa shape index (κ2) is 2.91. The maximum absolute atomic E-state index is 10.8. The van der Waals surface area contributed by atoms with E-state index in [4.69, 9.17) is 0 Å². The Kier molecular flexibility index (Phi) is 2.13. The van der Waals surface area contributed by atoms with Crippen LogP contribution in [0.2, 0.25) is 0 Å². The van der Waals surface area contributed by atoms with Gasteiger partial charge in [0.1, 0.15) is 0 Å². The molecule has 0 fully saturated rings. The van der Waals surface area contributed by atoms with Gasteiger partial charge in [-0.1, -0.05) is 0 Å². The molecule has 0 N–H and O–H groups in total. The molecule has 0 atom stereocenters. The van der Waals surface area contributed by atoms with Crippen LogP contribution in [0, 0.1) is 0 Å². The Morgan fingerprint density at radius 3 is 2.91 bits per heavy atom. The molecular weight excluding hydrogens is 170 g/mol. The van der Waals surface area contributed by atoms with Crippen molar-refractivity contribution in [3.8, 4) is 5.88 Å². The first-order chi connectivity index (χ1) is 5.14. The lowest BCUT2D eigenvalue weighted by Crippen LogP contribution is -2.11. The van der Waals surface area contributed by atoms with E-state index in [1.807, 2.05) is 0 Å². The predicted molar refractivity (Wildman–Crippen MR) is 36.6 cm³/mol. The summed E-state index contributed by atoms with van der Waals surface area (Å²) >= 11 is 0. The molecule has 0 saturated carbocycles. The minimum atomic E-state index is -3.46. The van der Waals surface area contributed by atoms with Crippen molar-refractivity contribution in [1.29, 1.82) is 0 Å². The van der Waals surface area contributed by atoms with Crippen molar-refractivity contribution in [3.05, 3.63) is 12.7 Å². The second-order valence-corrected chi connectivity index (χ2v) is 3.62. The van der Waals surface area contributed by atoms with Crippen LogP contribution in [0.1, 0.15) is 6.92 Å². The van der Waals surface area contributed by atoms with Crippen LogP contribution < -0.4 is 4.18 Å². The highest BCUT2D eigenvalue weighted by Crippen LogP contribution is 2.07. The lowest BCUT2D eigenvalue weighted by molar-refractivity contribution is 0.473. The highest BCUT2D eigenvalue weighted by atomic mass is 32.2. The van der Waals surface area contributed by atoms with Crippen LogP contribution in [0.5, 0.6) is 5.88 Å². The van der Waals surface area contributed by atoms with Gasteiger partial charge >= 0.3 is 10.1 Å². The smallest absolute Gasteiger partial charge is 0.310 e. The molecule has 1 aromatic heterocycles. The molecular formula is C5H7NO4S. The van der Waals surface area contributed by atoms with Gasteiger partial charge in [0.05, 0.1) is 5.75 Å². The largest absolute Gasteiger partial charge is 0.448 e. The second-order valence-electron chi connectivity index (χ2n) is 1.76. The third kappa shape index (κ3) is 2.23. The number of rotatable bonds is 3. The molecule has 1 aromatic rings. The molecule has 1 heterocycles. The molecule has 1 rings (SSSR count). The summed E-state index contributed by atoms with van der Waals surface area (Å²) in [4.78, 5) is 3.48. The summed E-state index contributed by atoms with van der Waals surface area (Å²) in [6.45, 7) is 1.48. The molecule has 11 heavy (non-hydrogen) atoms. The van der Waals surface area contributed by atoms with E-state index in [2.05, 4.69) is 13.6 Å². The highest BCUT2D eigenvalue weighted by molar-refractivity contribution is 7.87. The highest BCUT2D eigenvalue weighted by Gasteiger charge is 2.10. The van der Waals surface area contributed by atoms with E-state index < -0.39 is 10.1 Å². The van der Waals surface area contributed by atoms with Crippen LogP contribution in [0.15, 0.2) is 17.1 Å². The average Bonchev–Trinajstić information content (AvgIpc) is 2.39. The molecule has 0 saturated heterocycles. The molecule has 5 nitrogen and oxygen atoms in total. The third-order valence-corrected chi connectivity index (χ3v) is 2.11. The third-order valence-electron chi connectivity index (χ3n) is 0.976. The number of aromatic nitrogens is 1. The molecule has 0 bridgehead atoms. The average molecular weight is 177 g/mol. The van der Waals surface area contributed by atoms with E-state index >= 15 is 0 Å². The maximum atomic E-state index is 10.8. The Hall–Kier alpha value is -1.04. The number of hydrogen-bond donors (Lipinski definition) is 0. The van der Waals surface area contributed by atoms with Crippen LogP contribution in [0.25, 0.3) is 0 Å². The zero-order valence-electron chi connectivity index (χ0n) is 5.85. The number of hydrogen-bond acceptors (Lipinski definition) is 5. The molecule has 0 unspecified atom stereocenters. The van der Waals surface area contributed by atoms with Gasteiger partial charge in [-0.25, -0.2) is 0 Å². The van der Waals surface area contributed by atoms with Gasteiger partial charge in [0.15, 0.2) is 12.7 Å². The van der Waals surface area contributed by atoms with Gasteiger partial charge in [0, 0.05) is 0 Å². The minimum Gasteiger partial charge on any atom is -0.448 e. The van der Waals surface area contributed by atoms with E-state index in [-0.39, 0.29) is 11.6 Å². The number of nitrogens with zero attached hydrogens (tertiary/aromatic N) is 1. The zero-order valence-corrected chi connectivity index (χ0v) is 6.67. The van der Waals surface area contributed by atoms with Crippen LogP contribution in [-0.4, -0.2) is 19.2 Å². The Morgan fingerprint density at radius 1 is 1.73 bits per heavy atom. The van der Waals surface area contributed by atoms with Crippen LogP contribution >= 0.6 is 0 Å². The summed E-state index contributed by atoms with van der Waals surface area (Å²) in [5.41, 5.74) is 0. The Morgan fingerprint density at radius 2 is 2.45 bits per heavy atom. The van der Waals surface area contributed by atoms with E-state index in [1.165, 1.54) is 6.92 Å². The van der Waals surface area contributed by atoms with Gasteiger partial charge in [0.25, 0.3) is 5.88 Å². The monoisotopic (exact) mass is 177 g/mol. The Balaban J connectivity index is 2.72. The fourth-order valence-corrected chi connectivity index (χ4v) is 0.892. The quantitative estimate of drug-likeness (QED) is 0.625. The predicted octanol–water partition coefficient (Wildman–Crippen LogP) is 0.403. The van der Waals surface area contributed by atoms with Gasteiger partial charge in [-0.05, 0) is 6.92 Å². The molecule has 0 aliphatic rings. The van der Waals surface area contributed by atoms with Crippen molar-refractivity contribution in [2.75, 3.05) is 5.75 Å². The van der Waals surface area contributed by atoms with Crippen LogP contribution in [-0.2, 0) is 10.1 Å². The van der Waals surface area contributed by atoms with Crippen molar-refractivity contribution in [1.82, 2.24) is 4.98 Å². The molecule has 62 valence electrons. The summed E-state index contributed by atoms with van der Waals surface area (Å²) in [6, 6.07) is 0. The molecule has 0 aliphatic heterocycles. The molecule has 0 aliphatic carbocycles. The zero-order chi connectivity index (χ0) is 8.32. The fraction of sp³-hybridized carbons (Fsp3) is 0.400. The normalized spacial score (nSPS) is 11.4. The van der Waals surface area contributed by atoms with Gasteiger partial charge in [-0.2, -0.15) is 13.4 Å². The molecule has 0 radical (unpaired) electrons. The molecule has 0 amide bonds. The van der Waals surface area contributed by atoms with Crippen LogP contribution in [0.4, 0.5) is 0 Å². The van der Waals surface area contributed by atoms with Crippen molar-refractivity contribution in [2.24, 2.45) is 0 Å². The summed E-state index contributed by atoms with van der Waals surface area (Å²) in [5, 5.41) is 0. The minimum absolute atomic E-state index is 0.0353. The summed E-state index contributed by atoms with van der Waals surface area (Å²) in [7, 11) is -3.46. The van der Waals surface area contributed by atoms with E-state index in [1.54, 1.807) is 0 Å². The lowest BCUT2D eigenvalue weighted by Gasteiger charge is -1.97. The Labute approximate surface area is 64.1 Å². The van der Waals surface area contributed by atoms with Gasteiger partial charge in [0.2, 0.25) is 0 Å². The van der Waals surface area contributed by atoms with Crippen molar-refractivity contribution < 1.29 is 17.0 Å². The van der Waals surface area contributed by atoms with Crippen molar-refractivity contribution in [3.63, 3.8) is 0 Å². The summed E-state index contributed by atoms with van der Waals surface area (Å²) < 4.78 is 30.5. The maximum Gasteiger partial charge on any atom is 0.310 e. The van der Waals surface area contributed by atoms with E-state index in [0.29, 0.717) is 0 Å². The fourth-order valence-electron chi connectivity index (χ4n) is 0.432. The van der Waals surface area contributed by atoms with Crippen LogP contribution in [0.3, 0.4) is 0 Å². The molecule has 0 aromatic carbocycles.